The highest BCUT2D eigenvalue weighted by Gasteiger charge is 2.45. The molecule has 0 bridgehead atoms. The Morgan fingerprint density at radius 2 is 1.94 bits per heavy atom. The summed E-state index contributed by atoms with van der Waals surface area (Å²) in [6, 6.07) is 0. The number of hydrogen-bond acceptors (Lipinski definition) is 1. The van der Waals surface area contributed by atoms with E-state index in [0.29, 0.717) is 11.0 Å². The van der Waals surface area contributed by atoms with Crippen molar-refractivity contribution in [2.75, 3.05) is 6.61 Å². The van der Waals surface area contributed by atoms with Gasteiger partial charge in [-0.3, -0.25) is 0 Å². The van der Waals surface area contributed by atoms with Gasteiger partial charge in [-0.15, -0.1) is 5.73 Å². The third-order valence-corrected chi connectivity index (χ3v) is 9.52. The van der Waals surface area contributed by atoms with Crippen molar-refractivity contribution < 1.29 is 4.43 Å². The summed E-state index contributed by atoms with van der Waals surface area (Å²) < 4.78 is 6.35. The van der Waals surface area contributed by atoms with Crippen molar-refractivity contribution in [3.63, 3.8) is 0 Å². The van der Waals surface area contributed by atoms with Crippen molar-refractivity contribution in [3.8, 4) is 0 Å². The molecule has 1 fully saturated rings. The van der Waals surface area contributed by atoms with E-state index in [1.165, 1.54) is 5.57 Å². The molecule has 0 aromatic rings. The van der Waals surface area contributed by atoms with Crippen LogP contribution in [0.4, 0.5) is 0 Å². The highest BCUT2D eigenvalue weighted by Crippen LogP contribution is 2.51. The van der Waals surface area contributed by atoms with Gasteiger partial charge in [0.1, 0.15) is 0 Å². The molecular formula is C16H30OSi. The van der Waals surface area contributed by atoms with Crippen molar-refractivity contribution >= 4 is 8.32 Å². The van der Waals surface area contributed by atoms with Crippen molar-refractivity contribution in [2.45, 2.75) is 66.1 Å². The molecule has 0 radical (unpaired) electrons. The van der Waals surface area contributed by atoms with Crippen LogP contribution in [0.1, 0.15) is 48.0 Å². The van der Waals surface area contributed by atoms with Crippen molar-refractivity contribution in [1.82, 2.24) is 0 Å². The summed E-state index contributed by atoms with van der Waals surface area (Å²) in [6.07, 6.45) is 3.19. The summed E-state index contributed by atoms with van der Waals surface area (Å²) in [7, 11) is -1.59. The minimum atomic E-state index is -1.59. The first-order valence-corrected chi connectivity index (χ1v) is 9.98. The summed E-state index contributed by atoms with van der Waals surface area (Å²) >= 11 is 0. The van der Waals surface area contributed by atoms with Crippen LogP contribution in [0.5, 0.6) is 0 Å². The lowest BCUT2D eigenvalue weighted by Gasteiger charge is -2.48. The van der Waals surface area contributed by atoms with Gasteiger partial charge in [0, 0.05) is 6.61 Å². The smallest absolute Gasteiger partial charge is 0.191 e. The molecule has 0 heterocycles. The molecule has 0 aromatic carbocycles. The van der Waals surface area contributed by atoms with Gasteiger partial charge in [-0.2, -0.15) is 0 Å². The summed E-state index contributed by atoms with van der Waals surface area (Å²) in [5.41, 5.74) is 5.10. The van der Waals surface area contributed by atoms with Gasteiger partial charge in [-0.1, -0.05) is 34.6 Å². The molecule has 0 amide bonds. The molecule has 0 N–H and O–H groups in total. The largest absolute Gasteiger partial charge is 0.417 e. The molecule has 18 heavy (non-hydrogen) atoms. The maximum Gasteiger partial charge on any atom is 0.191 e. The van der Waals surface area contributed by atoms with Crippen molar-refractivity contribution in [2.24, 2.45) is 11.3 Å². The zero-order valence-corrected chi connectivity index (χ0v) is 14.5. The minimum absolute atomic E-state index is 0.273. The third kappa shape index (κ3) is 2.99. The van der Waals surface area contributed by atoms with Crippen LogP contribution in [0, 0.1) is 11.3 Å². The third-order valence-electron chi connectivity index (χ3n) is 5.02. The molecular weight excluding hydrogens is 236 g/mol. The second-order valence-electron chi connectivity index (χ2n) is 7.61. The lowest BCUT2D eigenvalue weighted by Crippen LogP contribution is -2.46. The van der Waals surface area contributed by atoms with Crippen LogP contribution in [-0.2, 0) is 4.43 Å². The number of rotatable bonds is 3. The van der Waals surface area contributed by atoms with Crippen molar-refractivity contribution in [1.29, 1.82) is 0 Å². The summed E-state index contributed by atoms with van der Waals surface area (Å²) in [6.45, 7) is 19.2. The maximum absolute atomic E-state index is 6.35. The topological polar surface area (TPSA) is 9.23 Å². The van der Waals surface area contributed by atoms with Gasteiger partial charge in [0.2, 0.25) is 0 Å². The predicted octanol–water partition coefficient (Wildman–Crippen LogP) is 5.16. The fourth-order valence-corrected chi connectivity index (χ4v) is 3.14. The lowest BCUT2D eigenvalue weighted by molar-refractivity contribution is 0.0901. The Bertz CT molecular complexity index is 365. The van der Waals surface area contributed by atoms with Crippen LogP contribution >= 0.6 is 0 Å². The fourth-order valence-electron chi connectivity index (χ4n) is 2.09. The van der Waals surface area contributed by atoms with Crippen LogP contribution in [0.15, 0.2) is 17.4 Å². The first kappa shape index (κ1) is 15.8. The molecule has 104 valence electrons. The molecule has 2 heteroatoms. The van der Waals surface area contributed by atoms with Crippen LogP contribution < -0.4 is 0 Å². The Morgan fingerprint density at radius 3 is 2.33 bits per heavy atom. The molecule has 1 unspecified atom stereocenters. The summed E-state index contributed by atoms with van der Waals surface area (Å²) in [5.74, 6) is 0.661. The number of allylic oxidation sites excluding steroid dienone is 1. The zero-order valence-electron chi connectivity index (χ0n) is 13.5. The van der Waals surface area contributed by atoms with Gasteiger partial charge >= 0.3 is 0 Å². The Labute approximate surface area is 114 Å². The van der Waals surface area contributed by atoms with Gasteiger partial charge in [0.05, 0.1) is 0 Å². The maximum atomic E-state index is 6.35. The molecule has 1 saturated carbocycles. The Kier molecular flexibility index (Phi) is 4.37. The van der Waals surface area contributed by atoms with Gasteiger partial charge in [0.25, 0.3) is 0 Å². The fraction of sp³-hybridized carbons (Fsp3) is 0.812. The summed E-state index contributed by atoms with van der Waals surface area (Å²) in [5, 5.41) is 0.308. The van der Waals surface area contributed by atoms with E-state index in [-0.39, 0.29) is 5.41 Å². The Balaban J connectivity index is 2.61. The molecule has 1 aliphatic rings. The van der Waals surface area contributed by atoms with Gasteiger partial charge < -0.3 is 4.43 Å². The highest BCUT2D eigenvalue weighted by atomic mass is 28.4. The molecule has 1 aliphatic carbocycles. The highest BCUT2D eigenvalue weighted by molar-refractivity contribution is 6.74. The van der Waals surface area contributed by atoms with E-state index in [1.54, 1.807) is 0 Å². The normalized spacial score (nSPS) is 23.3. The molecule has 1 rings (SSSR count). The Morgan fingerprint density at radius 1 is 1.39 bits per heavy atom. The second-order valence-corrected chi connectivity index (χ2v) is 12.4. The lowest BCUT2D eigenvalue weighted by atomic mass is 9.59. The van der Waals surface area contributed by atoms with Crippen LogP contribution in [0.3, 0.4) is 0 Å². The average Bonchev–Trinajstić information content (AvgIpc) is 2.20. The molecule has 0 spiro atoms. The van der Waals surface area contributed by atoms with E-state index in [9.17, 15) is 0 Å². The van der Waals surface area contributed by atoms with Gasteiger partial charge in [-0.25, -0.2) is 0 Å². The van der Waals surface area contributed by atoms with Crippen LogP contribution in [-0.4, -0.2) is 14.9 Å². The first-order valence-electron chi connectivity index (χ1n) is 7.07. The Hall–Kier alpha value is -0.303. The van der Waals surface area contributed by atoms with E-state index in [1.807, 2.05) is 13.0 Å². The van der Waals surface area contributed by atoms with Crippen LogP contribution in [0.2, 0.25) is 18.1 Å². The number of hydrogen-bond donors (Lipinski definition) is 0. The molecule has 0 aliphatic heterocycles. The van der Waals surface area contributed by atoms with E-state index in [2.05, 4.69) is 53.4 Å². The van der Waals surface area contributed by atoms with E-state index >= 15 is 0 Å². The monoisotopic (exact) mass is 266 g/mol. The standard InChI is InChI=1S/C16H30OSi/c1-9-10-13-11-14(16(13,5)6)12-17-18(7,8)15(2,3)4/h9,14H,11-12H2,1-8H3. The average molecular weight is 267 g/mol. The SMILES string of the molecule is CC=C=C1CC(CO[Si](C)(C)C(C)(C)C)C1(C)C. The summed E-state index contributed by atoms with van der Waals surface area (Å²) in [4.78, 5) is 0. The first-order chi connectivity index (χ1) is 8.02. The van der Waals surface area contributed by atoms with E-state index in [0.717, 1.165) is 13.0 Å². The zero-order chi connectivity index (χ0) is 14.2. The van der Waals surface area contributed by atoms with Gasteiger partial charge in [-0.05, 0) is 54.5 Å². The predicted molar refractivity (Wildman–Crippen MR) is 82.3 cm³/mol. The van der Waals surface area contributed by atoms with E-state index < -0.39 is 8.32 Å². The van der Waals surface area contributed by atoms with Gasteiger partial charge in [0.15, 0.2) is 8.32 Å². The minimum Gasteiger partial charge on any atom is -0.417 e. The molecule has 1 nitrogen and oxygen atoms in total. The molecule has 1 atom stereocenters. The van der Waals surface area contributed by atoms with Crippen molar-refractivity contribution in [3.05, 3.63) is 17.4 Å². The molecule has 0 saturated heterocycles. The van der Waals surface area contributed by atoms with Crippen LogP contribution in [0.25, 0.3) is 0 Å². The molecule has 0 aromatic heterocycles. The second kappa shape index (κ2) is 5.00. The quantitative estimate of drug-likeness (QED) is 0.507. The van der Waals surface area contributed by atoms with E-state index in [4.69, 9.17) is 4.43 Å².